The number of likely N-dealkylation sites (N-methyl/N-ethyl adjacent to an activating group) is 1. The molecule has 1 aromatic carbocycles. The van der Waals surface area contributed by atoms with Gasteiger partial charge in [-0.05, 0) is 68.5 Å². The number of piperidine rings is 1. The first-order chi connectivity index (χ1) is 9.74. The van der Waals surface area contributed by atoms with Crippen molar-refractivity contribution in [2.75, 3.05) is 20.7 Å². The fourth-order valence-electron chi connectivity index (χ4n) is 5.30. The van der Waals surface area contributed by atoms with Crippen molar-refractivity contribution >= 4 is 0 Å². The summed E-state index contributed by atoms with van der Waals surface area (Å²) in [7, 11) is 4.12. The van der Waals surface area contributed by atoms with Gasteiger partial charge in [-0.15, -0.1) is 0 Å². The number of rotatable bonds is 1. The molecule has 1 aromatic rings. The Hall–Kier alpha value is -1.02. The number of hydrogen-bond acceptors (Lipinski definition) is 2. The molecule has 1 aliphatic heterocycles. The van der Waals surface area contributed by atoms with E-state index >= 15 is 0 Å². The molecule has 4 rings (SSSR count). The van der Waals surface area contributed by atoms with Crippen LogP contribution in [0.5, 0.6) is 5.75 Å². The van der Waals surface area contributed by atoms with Gasteiger partial charge in [-0.3, -0.25) is 0 Å². The molecule has 2 aliphatic carbocycles. The second-order valence-electron chi connectivity index (χ2n) is 7.03. The number of methoxy groups -OCH3 is 1. The molecule has 20 heavy (non-hydrogen) atoms. The molecule has 0 aromatic heterocycles. The van der Waals surface area contributed by atoms with Gasteiger partial charge in [0.1, 0.15) is 5.75 Å². The first-order valence-corrected chi connectivity index (χ1v) is 8.12. The molecule has 1 heterocycles. The molecule has 0 radical (unpaired) electrons. The average Bonchev–Trinajstić information content (AvgIpc) is 2.50. The van der Waals surface area contributed by atoms with Crippen LogP contribution in [0.25, 0.3) is 0 Å². The Morgan fingerprint density at radius 2 is 2.15 bits per heavy atom. The molecule has 0 unspecified atom stereocenters. The predicted molar refractivity (Wildman–Crippen MR) is 81.4 cm³/mol. The lowest BCUT2D eigenvalue weighted by atomic mass is 9.52. The quantitative estimate of drug-likeness (QED) is 0.776. The lowest BCUT2D eigenvalue weighted by Crippen LogP contribution is -2.59. The summed E-state index contributed by atoms with van der Waals surface area (Å²) >= 11 is 0. The number of benzene rings is 1. The van der Waals surface area contributed by atoms with E-state index in [0.29, 0.717) is 5.41 Å². The lowest BCUT2D eigenvalue weighted by molar-refractivity contribution is 0.00274. The SMILES string of the molecule is COc1ccc2c(c1)[C@]13CCCC[C@@H]1[C@@H](C2)N(C)CC3. The Bertz CT molecular complexity index is 526. The number of likely N-dealkylation sites (tertiary alicyclic amines) is 1. The largest absolute Gasteiger partial charge is 0.497 e. The summed E-state index contributed by atoms with van der Waals surface area (Å²) < 4.78 is 5.51. The van der Waals surface area contributed by atoms with Gasteiger partial charge in [0.2, 0.25) is 0 Å². The zero-order valence-corrected chi connectivity index (χ0v) is 12.7. The van der Waals surface area contributed by atoms with Crippen molar-refractivity contribution in [2.24, 2.45) is 5.92 Å². The van der Waals surface area contributed by atoms with Crippen molar-refractivity contribution in [1.82, 2.24) is 4.90 Å². The van der Waals surface area contributed by atoms with E-state index in [1.165, 1.54) is 45.1 Å². The fourth-order valence-corrected chi connectivity index (χ4v) is 5.30. The van der Waals surface area contributed by atoms with E-state index in [4.69, 9.17) is 4.74 Å². The summed E-state index contributed by atoms with van der Waals surface area (Å²) in [6, 6.07) is 7.60. The van der Waals surface area contributed by atoms with E-state index in [9.17, 15) is 0 Å². The summed E-state index contributed by atoms with van der Waals surface area (Å²) in [5.41, 5.74) is 3.67. The van der Waals surface area contributed by atoms with E-state index in [1.807, 2.05) is 0 Å². The van der Waals surface area contributed by atoms with E-state index < -0.39 is 0 Å². The Morgan fingerprint density at radius 1 is 1.25 bits per heavy atom. The molecule has 108 valence electrons. The van der Waals surface area contributed by atoms with Gasteiger partial charge in [0.05, 0.1) is 7.11 Å². The van der Waals surface area contributed by atoms with Gasteiger partial charge in [-0.25, -0.2) is 0 Å². The molecule has 2 fully saturated rings. The smallest absolute Gasteiger partial charge is 0.119 e. The Kier molecular flexibility index (Phi) is 2.85. The van der Waals surface area contributed by atoms with Crippen LogP contribution in [0.1, 0.15) is 43.2 Å². The van der Waals surface area contributed by atoms with Crippen molar-refractivity contribution < 1.29 is 4.74 Å². The minimum absolute atomic E-state index is 0.456. The highest BCUT2D eigenvalue weighted by molar-refractivity contribution is 5.45. The monoisotopic (exact) mass is 271 g/mol. The zero-order valence-electron chi connectivity index (χ0n) is 12.7. The lowest BCUT2D eigenvalue weighted by Gasteiger charge is -2.58. The standard InChI is InChI=1S/C18H25NO/c1-19-10-9-18-8-4-3-5-15(18)17(19)11-13-6-7-14(20-2)12-16(13)18/h6-7,12,15,17H,3-5,8-11H2,1-2H3/t15-,17-,18+/m1/s1. The Balaban J connectivity index is 1.88. The topological polar surface area (TPSA) is 12.5 Å². The first kappa shape index (κ1) is 12.7. The van der Waals surface area contributed by atoms with Crippen molar-refractivity contribution in [3.05, 3.63) is 29.3 Å². The molecular weight excluding hydrogens is 246 g/mol. The van der Waals surface area contributed by atoms with E-state index in [0.717, 1.165) is 17.7 Å². The van der Waals surface area contributed by atoms with Crippen molar-refractivity contribution in [2.45, 2.75) is 50.0 Å². The maximum absolute atomic E-state index is 5.51. The van der Waals surface area contributed by atoms with Gasteiger partial charge < -0.3 is 9.64 Å². The highest BCUT2D eigenvalue weighted by atomic mass is 16.5. The van der Waals surface area contributed by atoms with Gasteiger partial charge >= 0.3 is 0 Å². The second kappa shape index (κ2) is 4.49. The second-order valence-corrected chi connectivity index (χ2v) is 7.03. The minimum atomic E-state index is 0.456. The molecule has 2 heteroatoms. The molecule has 3 aliphatic rings. The first-order valence-electron chi connectivity index (χ1n) is 8.12. The zero-order chi connectivity index (χ0) is 13.7. The summed E-state index contributed by atoms with van der Waals surface area (Å²) in [4.78, 5) is 2.63. The van der Waals surface area contributed by atoms with E-state index in [1.54, 1.807) is 18.2 Å². The Morgan fingerprint density at radius 3 is 3.00 bits per heavy atom. The number of nitrogens with zero attached hydrogens (tertiary/aromatic N) is 1. The molecule has 3 atom stereocenters. The van der Waals surface area contributed by atoms with Crippen LogP contribution in [0.15, 0.2) is 18.2 Å². The molecule has 2 bridgehead atoms. The average molecular weight is 271 g/mol. The maximum atomic E-state index is 5.51. The van der Waals surface area contributed by atoms with Gasteiger partial charge in [0.15, 0.2) is 0 Å². The van der Waals surface area contributed by atoms with Crippen molar-refractivity contribution in [1.29, 1.82) is 0 Å². The highest BCUT2D eigenvalue weighted by Crippen LogP contribution is 2.55. The summed E-state index contributed by atoms with van der Waals surface area (Å²) in [6.45, 7) is 1.26. The van der Waals surface area contributed by atoms with Crippen molar-refractivity contribution in [3.8, 4) is 5.75 Å². The molecular formula is C18H25NO. The van der Waals surface area contributed by atoms with Crippen LogP contribution in [0.4, 0.5) is 0 Å². The summed E-state index contributed by atoms with van der Waals surface area (Å²) in [5.74, 6) is 1.91. The molecule has 0 spiro atoms. The maximum Gasteiger partial charge on any atom is 0.119 e. The number of ether oxygens (including phenoxy) is 1. The van der Waals surface area contributed by atoms with E-state index in [-0.39, 0.29) is 0 Å². The molecule has 1 saturated heterocycles. The van der Waals surface area contributed by atoms with Gasteiger partial charge in [-0.2, -0.15) is 0 Å². The third-order valence-corrected chi connectivity index (χ3v) is 6.32. The fraction of sp³-hybridized carbons (Fsp3) is 0.667. The Labute approximate surface area is 122 Å². The van der Waals surface area contributed by atoms with Gasteiger partial charge in [0, 0.05) is 11.5 Å². The summed E-state index contributed by atoms with van der Waals surface area (Å²) in [6.07, 6.45) is 8.22. The number of hydrogen-bond donors (Lipinski definition) is 0. The highest BCUT2D eigenvalue weighted by Gasteiger charge is 2.53. The van der Waals surface area contributed by atoms with E-state index in [2.05, 4.69) is 30.1 Å². The summed E-state index contributed by atoms with van der Waals surface area (Å²) in [5, 5.41) is 0. The minimum Gasteiger partial charge on any atom is -0.497 e. The van der Waals surface area contributed by atoms with Crippen LogP contribution in [0, 0.1) is 5.92 Å². The predicted octanol–water partition coefficient (Wildman–Crippen LogP) is 3.38. The molecule has 2 nitrogen and oxygen atoms in total. The van der Waals surface area contributed by atoms with Crippen LogP contribution in [0.2, 0.25) is 0 Å². The molecule has 0 N–H and O–H groups in total. The third kappa shape index (κ3) is 1.60. The molecule has 0 amide bonds. The van der Waals surface area contributed by atoms with Gasteiger partial charge in [-0.1, -0.05) is 18.9 Å². The van der Waals surface area contributed by atoms with Crippen LogP contribution in [-0.2, 0) is 11.8 Å². The van der Waals surface area contributed by atoms with Crippen LogP contribution in [-0.4, -0.2) is 31.6 Å². The normalized spacial score (nSPS) is 36.1. The van der Waals surface area contributed by atoms with Crippen LogP contribution >= 0.6 is 0 Å². The molecule has 1 saturated carbocycles. The number of fused-ring (bicyclic) bond motifs is 1. The van der Waals surface area contributed by atoms with Crippen LogP contribution in [0.3, 0.4) is 0 Å². The van der Waals surface area contributed by atoms with Gasteiger partial charge in [0.25, 0.3) is 0 Å². The van der Waals surface area contributed by atoms with Crippen molar-refractivity contribution in [3.63, 3.8) is 0 Å². The van der Waals surface area contributed by atoms with Crippen LogP contribution < -0.4 is 4.74 Å². The third-order valence-electron chi connectivity index (χ3n) is 6.32.